The number of aromatic nitrogens is 2. The number of benzene rings is 1. The first-order valence-electron chi connectivity index (χ1n) is 9.45. The molecular weight excluding hydrogens is 364 g/mol. The van der Waals surface area contributed by atoms with Crippen molar-refractivity contribution >= 4 is 17.5 Å². The molecule has 1 aromatic carbocycles. The number of hydrogen-bond acceptors (Lipinski definition) is 4. The molecule has 0 spiro atoms. The number of fused-ring (bicyclic) bond motifs is 2. The van der Waals surface area contributed by atoms with E-state index in [1.165, 1.54) is 12.8 Å². The molecule has 2 saturated heterocycles. The van der Waals surface area contributed by atoms with Crippen LogP contribution in [-0.4, -0.2) is 45.8 Å². The lowest BCUT2D eigenvalue weighted by Crippen LogP contribution is -2.48. The molecule has 1 aromatic heterocycles. The Balaban J connectivity index is 1.33. The van der Waals surface area contributed by atoms with Crippen LogP contribution >= 0.6 is 11.6 Å². The van der Waals surface area contributed by atoms with Crippen molar-refractivity contribution in [3.63, 3.8) is 0 Å². The lowest BCUT2D eigenvalue weighted by molar-refractivity contribution is 0.0875. The number of hydrogen-bond donors (Lipinski definition) is 1. The standard InChI is InChI=1S/C20H25ClN4O2/c1-13-3-6-17(21)19(9-13)27-12-25-8-7-18(23-25)20(26)22-14-10-15-4-5-16(11-14)24(15)2/h3,6-9,14-16H,4-5,10-12H2,1-2H3,(H,22,26)/t15-,16-/m0/s1. The number of ether oxygens (including phenoxy) is 1. The van der Waals surface area contributed by atoms with Crippen molar-refractivity contribution in [1.82, 2.24) is 20.0 Å². The Kier molecular flexibility index (Phi) is 5.10. The summed E-state index contributed by atoms with van der Waals surface area (Å²) in [6.07, 6.45) is 6.27. The molecule has 2 aliphatic rings. The number of aryl methyl sites for hydroxylation is 1. The normalized spacial score (nSPS) is 24.8. The van der Waals surface area contributed by atoms with Gasteiger partial charge in [-0.15, -0.1) is 0 Å². The molecule has 1 N–H and O–H groups in total. The number of halogens is 1. The highest BCUT2D eigenvalue weighted by Crippen LogP contribution is 2.34. The van der Waals surface area contributed by atoms with Crippen LogP contribution in [0.25, 0.3) is 0 Å². The second-order valence-corrected chi connectivity index (χ2v) is 8.05. The second-order valence-electron chi connectivity index (χ2n) is 7.64. The molecule has 0 aliphatic carbocycles. The van der Waals surface area contributed by atoms with Gasteiger partial charge in [0.2, 0.25) is 0 Å². The van der Waals surface area contributed by atoms with Crippen molar-refractivity contribution in [2.24, 2.45) is 0 Å². The van der Waals surface area contributed by atoms with Crippen LogP contribution in [-0.2, 0) is 6.73 Å². The van der Waals surface area contributed by atoms with Crippen LogP contribution in [0.4, 0.5) is 0 Å². The van der Waals surface area contributed by atoms with E-state index in [1.807, 2.05) is 25.1 Å². The molecule has 2 aliphatic heterocycles. The summed E-state index contributed by atoms with van der Waals surface area (Å²) in [5.41, 5.74) is 1.49. The van der Waals surface area contributed by atoms with Gasteiger partial charge in [0.1, 0.15) is 11.4 Å². The van der Waals surface area contributed by atoms with Gasteiger partial charge in [0.05, 0.1) is 5.02 Å². The number of amides is 1. The Bertz CT molecular complexity index is 823. The Morgan fingerprint density at radius 1 is 1.30 bits per heavy atom. The van der Waals surface area contributed by atoms with Gasteiger partial charge in [-0.3, -0.25) is 4.79 Å². The lowest BCUT2D eigenvalue weighted by atomic mass is 9.98. The van der Waals surface area contributed by atoms with Crippen LogP contribution in [0.1, 0.15) is 41.7 Å². The third-order valence-electron chi connectivity index (χ3n) is 5.75. The second kappa shape index (κ2) is 7.52. The molecule has 0 saturated carbocycles. The van der Waals surface area contributed by atoms with Crippen molar-refractivity contribution in [2.45, 2.75) is 57.5 Å². The first kappa shape index (κ1) is 18.3. The molecule has 6 nitrogen and oxygen atoms in total. The Hall–Kier alpha value is -2.05. The molecular formula is C20H25ClN4O2. The number of nitrogens with one attached hydrogen (secondary N) is 1. The van der Waals surface area contributed by atoms with E-state index >= 15 is 0 Å². The summed E-state index contributed by atoms with van der Waals surface area (Å²) in [6.45, 7) is 2.18. The summed E-state index contributed by atoms with van der Waals surface area (Å²) in [5, 5.41) is 8.05. The van der Waals surface area contributed by atoms with Crippen molar-refractivity contribution in [1.29, 1.82) is 0 Å². The van der Waals surface area contributed by atoms with Gasteiger partial charge in [-0.1, -0.05) is 17.7 Å². The summed E-state index contributed by atoms with van der Waals surface area (Å²) in [4.78, 5) is 15.0. The summed E-state index contributed by atoms with van der Waals surface area (Å²) in [7, 11) is 2.20. The van der Waals surface area contributed by atoms with Crippen LogP contribution in [0.3, 0.4) is 0 Å². The fourth-order valence-electron chi connectivity index (χ4n) is 4.20. The molecule has 2 atom stereocenters. The highest BCUT2D eigenvalue weighted by atomic mass is 35.5. The van der Waals surface area contributed by atoms with E-state index in [2.05, 4.69) is 22.4 Å². The van der Waals surface area contributed by atoms with E-state index in [-0.39, 0.29) is 18.7 Å². The predicted octanol–water partition coefficient (Wildman–Crippen LogP) is 3.24. The fourth-order valence-corrected chi connectivity index (χ4v) is 4.37. The molecule has 0 radical (unpaired) electrons. The number of rotatable bonds is 5. The Morgan fingerprint density at radius 2 is 2.04 bits per heavy atom. The SMILES string of the molecule is Cc1ccc(Cl)c(OCn2ccc(C(=O)NC3C[C@@H]4CC[C@@H](C3)N4C)n2)c1. The largest absolute Gasteiger partial charge is 0.470 e. The van der Waals surface area contributed by atoms with Gasteiger partial charge >= 0.3 is 0 Å². The van der Waals surface area contributed by atoms with E-state index in [4.69, 9.17) is 16.3 Å². The summed E-state index contributed by atoms with van der Waals surface area (Å²) in [5.74, 6) is 0.497. The minimum absolute atomic E-state index is 0.115. The van der Waals surface area contributed by atoms with Crippen LogP contribution in [0.5, 0.6) is 5.75 Å². The molecule has 1 amide bonds. The third kappa shape index (κ3) is 3.96. The van der Waals surface area contributed by atoms with Gasteiger partial charge < -0.3 is 15.0 Å². The monoisotopic (exact) mass is 388 g/mol. The Morgan fingerprint density at radius 3 is 2.78 bits per heavy atom. The van der Waals surface area contributed by atoms with Crippen molar-refractivity contribution in [3.8, 4) is 5.75 Å². The van der Waals surface area contributed by atoms with Gasteiger partial charge in [0.15, 0.2) is 6.73 Å². The van der Waals surface area contributed by atoms with Gasteiger partial charge in [-0.25, -0.2) is 4.68 Å². The number of piperidine rings is 1. The molecule has 0 unspecified atom stereocenters. The Labute approximate surface area is 164 Å². The van der Waals surface area contributed by atoms with Gasteiger partial charge in [-0.05, 0) is 63.4 Å². The van der Waals surface area contributed by atoms with E-state index in [9.17, 15) is 4.79 Å². The average Bonchev–Trinajstić information content (AvgIpc) is 3.18. The quantitative estimate of drug-likeness (QED) is 0.854. The van der Waals surface area contributed by atoms with Gasteiger partial charge in [0.25, 0.3) is 5.91 Å². The van der Waals surface area contributed by atoms with E-state index in [1.54, 1.807) is 16.9 Å². The first-order chi connectivity index (χ1) is 13.0. The summed E-state index contributed by atoms with van der Waals surface area (Å²) >= 11 is 6.14. The maximum atomic E-state index is 12.6. The maximum Gasteiger partial charge on any atom is 0.271 e. The molecule has 27 heavy (non-hydrogen) atoms. The average molecular weight is 389 g/mol. The zero-order chi connectivity index (χ0) is 19.0. The molecule has 144 valence electrons. The highest BCUT2D eigenvalue weighted by Gasteiger charge is 2.38. The number of carbonyl (C=O) groups is 1. The smallest absolute Gasteiger partial charge is 0.271 e. The van der Waals surface area contributed by atoms with Crippen molar-refractivity contribution < 1.29 is 9.53 Å². The third-order valence-corrected chi connectivity index (χ3v) is 6.06. The lowest BCUT2D eigenvalue weighted by Gasteiger charge is -2.36. The van der Waals surface area contributed by atoms with E-state index < -0.39 is 0 Å². The topological polar surface area (TPSA) is 59.4 Å². The minimum Gasteiger partial charge on any atom is -0.470 e. The number of nitrogens with zero attached hydrogens (tertiary/aromatic N) is 3. The first-order valence-corrected chi connectivity index (χ1v) is 9.82. The van der Waals surface area contributed by atoms with Crippen LogP contribution in [0.15, 0.2) is 30.5 Å². The summed E-state index contributed by atoms with van der Waals surface area (Å²) < 4.78 is 7.33. The molecule has 2 bridgehead atoms. The predicted molar refractivity (Wildman–Crippen MR) is 104 cm³/mol. The maximum absolute atomic E-state index is 12.6. The summed E-state index contributed by atoms with van der Waals surface area (Å²) in [6, 6.07) is 8.77. The van der Waals surface area contributed by atoms with E-state index in [0.717, 1.165) is 18.4 Å². The van der Waals surface area contributed by atoms with E-state index in [0.29, 0.717) is 28.5 Å². The van der Waals surface area contributed by atoms with Crippen molar-refractivity contribution in [2.75, 3.05) is 7.05 Å². The highest BCUT2D eigenvalue weighted by molar-refractivity contribution is 6.32. The fraction of sp³-hybridized carbons (Fsp3) is 0.500. The molecule has 3 heterocycles. The zero-order valence-electron chi connectivity index (χ0n) is 15.7. The van der Waals surface area contributed by atoms with Crippen molar-refractivity contribution in [3.05, 3.63) is 46.7 Å². The van der Waals surface area contributed by atoms with Crippen LogP contribution in [0.2, 0.25) is 5.02 Å². The molecule has 4 rings (SSSR count). The van der Waals surface area contributed by atoms with Crippen LogP contribution in [0, 0.1) is 6.92 Å². The minimum atomic E-state index is -0.115. The van der Waals surface area contributed by atoms with Gasteiger partial charge in [-0.2, -0.15) is 5.10 Å². The molecule has 7 heteroatoms. The molecule has 2 fully saturated rings. The molecule has 2 aromatic rings. The van der Waals surface area contributed by atoms with Crippen LogP contribution < -0.4 is 10.1 Å². The van der Waals surface area contributed by atoms with Gasteiger partial charge in [0, 0.05) is 24.3 Å². The zero-order valence-corrected chi connectivity index (χ0v) is 16.4. The number of carbonyl (C=O) groups excluding carboxylic acids is 1.